The molecule has 5 rings (SSSR count). The minimum Gasteiger partial charge on any atom is -0.481 e. The Hall–Kier alpha value is -1.35. The Labute approximate surface area is 137 Å². The highest BCUT2D eigenvalue weighted by Crippen LogP contribution is 2.67. The van der Waals surface area contributed by atoms with E-state index in [1.54, 1.807) is 0 Å². The predicted molar refractivity (Wildman–Crippen MR) is 88.2 cm³/mol. The molecular formula is C20H26O3. The molecule has 124 valence electrons. The van der Waals surface area contributed by atoms with Crippen LogP contribution in [0.2, 0.25) is 0 Å². The van der Waals surface area contributed by atoms with Crippen LogP contribution in [0.25, 0.3) is 0 Å². The molecule has 4 unspecified atom stereocenters. The first-order valence-corrected chi connectivity index (χ1v) is 8.85. The molecule has 0 aromatic heterocycles. The molecule has 3 heteroatoms. The van der Waals surface area contributed by atoms with Crippen LogP contribution in [0.3, 0.4) is 0 Å². The number of hydrogen-bond donors (Lipinski definition) is 2. The number of aryl methyl sites for hydroxylation is 1. The first-order valence-electron chi connectivity index (χ1n) is 8.85. The SMILES string of the molecule is Cc1ccc([C@]2(CC(=O)O)C3CC4CC(C3)[C@](C)(O)C2C4)cc1. The van der Waals surface area contributed by atoms with Gasteiger partial charge in [0.05, 0.1) is 12.0 Å². The van der Waals surface area contributed by atoms with Crippen molar-refractivity contribution in [1.29, 1.82) is 0 Å². The van der Waals surface area contributed by atoms with E-state index in [2.05, 4.69) is 31.2 Å². The summed E-state index contributed by atoms with van der Waals surface area (Å²) >= 11 is 0. The van der Waals surface area contributed by atoms with Crippen LogP contribution < -0.4 is 0 Å². The largest absolute Gasteiger partial charge is 0.481 e. The minimum atomic E-state index is -0.742. The Morgan fingerprint density at radius 1 is 1.13 bits per heavy atom. The van der Waals surface area contributed by atoms with E-state index in [-0.39, 0.29) is 12.3 Å². The first-order chi connectivity index (χ1) is 10.8. The second-order valence-corrected chi connectivity index (χ2v) is 8.46. The van der Waals surface area contributed by atoms with Crippen LogP contribution in [0.1, 0.15) is 50.2 Å². The van der Waals surface area contributed by atoms with E-state index in [0.29, 0.717) is 17.8 Å². The molecule has 4 fully saturated rings. The number of aliphatic hydroxyl groups is 1. The van der Waals surface area contributed by atoms with Gasteiger partial charge in [0, 0.05) is 5.41 Å². The lowest BCUT2D eigenvalue weighted by Gasteiger charge is -2.67. The van der Waals surface area contributed by atoms with Crippen molar-refractivity contribution in [2.75, 3.05) is 0 Å². The number of rotatable bonds is 3. The monoisotopic (exact) mass is 314 g/mol. The second-order valence-electron chi connectivity index (χ2n) is 8.46. The molecule has 1 aromatic carbocycles. The lowest BCUT2D eigenvalue weighted by molar-refractivity contribution is -0.207. The van der Waals surface area contributed by atoms with E-state index in [1.165, 1.54) is 5.56 Å². The van der Waals surface area contributed by atoms with E-state index in [1.807, 2.05) is 6.92 Å². The van der Waals surface area contributed by atoms with Crippen molar-refractivity contribution < 1.29 is 15.0 Å². The fourth-order valence-corrected chi connectivity index (χ4v) is 6.32. The van der Waals surface area contributed by atoms with Crippen molar-refractivity contribution in [1.82, 2.24) is 0 Å². The van der Waals surface area contributed by atoms with Gasteiger partial charge in [-0.15, -0.1) is 0 Å². The minimum absolute atomic E-state index is 0.0602. The summed E-state index contributed by atoms with van der Waals surface area (Å²) in [5, 5.41) is 20.9. The molecular weight excluding hydrogens is 288 g/mol. The third kappa shape index (κ3) is 2.02. The highest BCUT2D eigenvalue weighted by molar-refractivity contribution is 5.69. The van der Waals surface area contributed by atoms with Crippen LogP contribution in [0.5, 0.6) is 0 Å². The van der Waals surface area contributed by atoms with Crippen molar-refractivity contribution in [2.45, 2.75) is 57.0 Å². The molecule has 4 aliphatic rings. The Balaban J connectivity index is 1.88. The maximum absolute atomic E-state index is 11.8. The zero-order valence-corrected chi connectivity index (χ0v) is 14.0. The Bertz CT molecular complexity index is 633. The molecule has 6 atom stereocenters. The molecule has 0 amide bonds. The maximum Gasteiger partial charge on any atom is 0.304 e. The molecule has 0 aliphatic heterocycles. The Morgan fingerprint density at radius 3 is 2.43 bits per heavy atom. The quantitative estimate of drug-likeness (QED) is 0.897. The summed E-state index contributed by atoms with van der Waals surface area (Å²) in [4.78, 5) is 11.8. The van der Waals surface area contributed by atoms with Crippen molar-refractivity contribution in [3.63, 3.8) is 0 Å². The fraction of sp³-hybridized carbons (Fsp3) is 0.650. The standard InChI is InChI=1S/C20H26O3/c1-12-3-5-14(6-4-12)20(11-18(21)22)16-8-13-7-15(10-16)19(2,23)17(20)9-13/h3-6,13,15-17,23H,7-11H2,1-2H3,(H,21,22)/t13?,15?,16?,17?,19-,20+/m0/s1. The summed E-state index contributed by atoms with van der Waals surface area (Å²) < 4.78 is 0. The van der Waals surface area contributed by atoms with Gasteiger partial charge in [-0.25, -0.2) is 0 Å². The third-order valence-corrected chi connectivity index (χ3v) is 7.29. The smallest absolute Gasteiger partial charge is 0.304 e. The summed E-state index contributed by atoms with van der Waals surface area (Å²) in [6.07, 6.45) is 4.34. The molecule has 0 spiro atoms. The Kier molecular flexibility index (Phi) is 3.19. The molecule has 4 bridgehead atoms. The predicted octanol–water partition coefficient (Wildman–Crippen LogP) is 3.52. The van der Waals surface area contributed by atoms with Crippen molar-refractivity contribution in [2.24, 2.45) is 23.7 Å². The van der Waals surface area contributed by atoms with E-state index >= 15 is 0 Å². The van der Waals surface area contributed by atoms with Gasteiger partial charge in [0.1, 0.15) is 0 Å². The van der Waals surface area contributed by atoms with Gasteiger partial charge in [-0.1, -0.05) is 29.8 Å². The maximum atomic E-state index is 11.8. The summed E-state index contributed by atoms with van der Waals surface area (Å²) in [6.45, 7) is 4.02. The van der Waals surface area contributed by atoms with Gasteiger partial charge < -0.3 is 10.2 Å². The van der Waals surface area contributed by atoms with E-state index < -0.39 is 17.0 Å². The van der Waals surface area contributed by atoms with E-state index in [0.717, 1.165) is 31.2 Å². The normalized spacial score (nSPS) is 44.5. The van der Waals surface area contributed by atoms with Crippen LogP contribution >= 0.6 is 0 Å². The van der Waals surface area contributed by atoms with Gasteiger partial charge in [-0.2, -0.15) is 0 Å². The molecule has 0 heterocycles. The van der Waals surface area contributed by atoms with Crippen LogP contribution in [0.15, 0.2) is 24.3 Å². The summed E-state index contributed by atoms with van der Waals surface area (Å²) in [5.74, 6) is 0.733. The van der Waals surface area contributed by atoms with Crippen LogP contribution in [0.4, 0.5) is 0 Å². The number of carboxylic acids is 1. The molecule has 1 aromatic rings. The van der Waals surface area contributed by atoms with Gasteiger partial charge in [-0.3, -0.25) is 4.79 Å². The summed E-state index contributed by atoms with van der Waals surface area (Å²) in [5.41, 5.74) is 1.17. The fourth-order valence-electron chi connectivity index (χ4n) is 6.32. The molecule has 3 nitrogen and oxygen atoms in total. The molecule has 23 heavy (non-hydrogen) atoms. The average Bonchev–Trinajstić information content (AvgIpc) is 2.48. The highest BCUT2D eigenvalue weighted by atomic mass is 16.4. The molecule has 2 N–H and O–H groups in total. The van der Waals surface area contributed by atoms with Crippen LogP contribution in [0, 0.1) is 30.6 Å². The molecule has 0 saturated heterocycles. The average molecular weight is 314 g/mol. The van der Waals surface area contributed by atoms with Crippen molar-refractivity contribution in [3.8, 4) is 0 Å². The summed E-state index contributed by atoms with van der Waals surface area (Å²) in [6, 6.07) is 8.38. The van der Waals surface area contributed by atoms with Crippen molar-refractivity contribution in [3.05, 3.63) is 35.4 Å². The molecule has 4 saturated carbocycles. The zero-order valence-electron chi connectivity index (χ0n) is 14.0. The number of carbonyl (C=O) groups is 1. The number of benzene rings is 1. The third-order valence-electron chi connectivity index (χ3n) is 7.29. The van der Waals surface area contributed by atoms with Gasteiger partial charge in [0.2, 0.25) is 0 Å². The van der Waals surface area contributed by atoms with E-state index in [4.69, 9.17) is 0 Å². The number of aliphatic carboxylic acids is 1. The first kappa shape index (κ1) is 15.2. The highest BCUT2D eigenvalue weighted by Gasteiger charge is 2.66. The van der Waals surface area contributed by atoms with Crippen molar-refractivity contribution >= 4 is 5.97 Å². The van der Waals surface area contributed by atoms with Gasteiger partial charge >= 0.3 is 5.97 Å². The lowest BCUT2D eigenvalue weighted by atomic mass is 9.39. The topological polar surface area (TPSA) is 57.5 Å². The van der Waals surface area contributed by atoms with Gasteiger partial charge in [-0.05, 0) is 68.8 Å². The van der Waals surface area contributed by atoms with E-state index in [9.17, 15) is 15.0 Å². The second kappa shape index (κ2) is 4.83. The van der Waals surface area contributed by atoms with Gasteiger partial charge in [0.25, 0.3) is 0 Å². The van der Waals surface area contributed by atoms with Crippen LogP contribution in [-0.2, 0) is 10.2 Å². The summed E-state index contributed by atoms with van der Waals surface area (Å²) in [7, 11) is 0. The number of carboxylic acid groups (broad SMARTS) is 1. The lowest BCUT2D eigenvalue weighted by Crippen LogP contribution is -2.67. The van der Waals surface area contributed by atoms with Crippen LogP contribution in [-0.4, -0.2) is 21.8 Å². The van der Waals surface area contributed by atoms with Gasteiger partial charge in [0.15, 0.2) is 0 Å². The number of hydrogen-bond acceptors (Lipinski definition) is 2. The Morgan fingerprint density at radius 2 is 1.78 bits per heavy atom. The zero-order chi connectivity index (χ0) is 16.4. The molecule has 4 aliphatic carbocycles. The molecule has 0 radical (unpaired) electrons.